The molecule has 1 amide bonds. The zero-order valence-corrected chi connectivity index (χ0v) is 17.4. The molecular formula is C24H24FN3O3. The van der Waals surface area contributed by atoms with E-state index in [-0.39, 0.29) is 11.7 Å². The number of benzene rings is 2. The molecule has 0 spiro atoms. The third kappa shape index (κ3) is 3.54. The number of carbonyl (C=O) groups excluding carboxylic acids is 1. The maximum atomic E-state index is 14.1. The van der Waals surface area contributed by atoms with E-state index in [2.05, 4.69) is 16.1 Å². The second kappa shape index (κ2) is 7.72. The molecule has 7 heteroatoms. The van der Waals surface area contributed by atoms with Gasteiger partial charge in [-0.1, -0.05) is 23.4 Å². The number of rotatable bonds is 5. The molecular weight excluding hydrogens is 397 g/mol. The Morgan fingerprint density at radius 3 is 2.55 bits per heavy atom. The van der Waals surface area contributed by atoms with Gasteiger partial charge in [0.1, 0.15) is 11.6 Å². The van der Waals surface area contributed by atoms with Gasteiger partial charge in [-0.15, -0.1) is 0 Å². The van der Waals surface area contributed by atoms with Crippen LogP contribution < -0.4 is 9.64 Å². The lowest BCUT2D eigenvalue weighted by molar-refractivity contribution is -0.134. The molecule has 1 saturated heterocycles. The molecule has 0 radical (unpaired) electrons. The number of halogens is 1. The minimum Gasteiger partial charge on any atom is -0.497 e. The van der Waals surface area contributed by atoms with Gasteiger partial charge in [0.25, 0.3) is 0 Å². The van der Waals surface area contributed by atoms with E-state index in [9.17, 15) is 9.18 Å². The second-order valence-electron chi connectivity index (χ2n) is 8.12. The quantitative estimate of drug-likeness (QED) is 0.626. The summed E-state index contributed by atoms with van der Waals surface area (Å²) in [4.78, 5) is 17.6. The van der Waals surface area contributed by atoms with Crippen molar-refractivity contribution in [1.29, 1.82) is 0 Å². The van der Waals surface area contributed by atoms with Crippen molar-refractivity contribution in [3.63, 3.8) is 0 Å². The van der Waals surface area contributed by atoms with Crippen molar-refractivity contribution in [3.8, 4) is 17.1 Å². The summed E-state index contributed by atoms with van der Waals surface area (Å²) in [6.07, 6.45) is 1.48. The van der Waals surface area contributed by atoms with E-state index < -0.39 is 5.41 Å². The van der Waals surface area contributed by atoms with Gasteiger partial charge < -0.3 is 19.1 Å². The number of hydrogen-bond donors (Lipinski definition) is 0. The Kier molecular flexibility index (Phi) is 4.88. The van der Waals surface area contributed by atoms with Crippen LogP contribution in [0.5, 0.6) is 5.75 Å². The first-order valence-corrected chi connectivity index (χ1v) is 10.5. The first-order chi connectivity index (χ1) is 15.1. The fourth-order valence-corrected chi connectivity index (χ4v) is 4.27. The summed E-state index contributed by atoms with van der Waals surface area (Å²) in [5, 5.41) is 4.15. The smallest absolute Gasteiger partial charge is 0.235 e. The number of piperazine rings is 1. The molecule has 2 aliphatic rings. The van der Waals surface area contributed by atoms with Crippen LogP contribution >= 0.6 is 0 Å². The van der Waals surface area contributed by atoms with Crippen molar-refractivity contribution < 1.29 is 18.4 Å². The normalized spacial score (nSPS) is 17.5. The van der Waals surface area contributed by atoms with Crippen LogP contribution in [-0.4, -0.2) is 49.3 Å². The van der Waals surface area contributed by atoms with E-state index in [0.717, 1.165) is 37.4 Å². The SMILES string of the molecule is COc1cccc(N2CCN(C(=O)C3(c4cc(-c5ccccc5F)on4)CC3)CC2)c1. The lowest BCUT2D eigenvalue weighted by Gasteiger charge is -2.37. The fraction of sp³-hybridized carbons (Fsp3) is 0.333. The summed E-state index contributed by atoms with van der Waals surface area (Å²) in [5.41, 5.74) is 1.42. The third-order valence-electron chi connectivity index (χ3n) is 6.28. The van der Waals surface area contributed by atoms with Crippen LogP contribution in [0.4, 0.5) is 10.1 Å². The summed E-state index contributed by atoms with van der Waals surface area (Å²) < 4.78 is 24.8. The molecule has 1 aliphatic heterocycles. The number of carbonyl (C=O) groups is 1. The molecule has 0 atom stereocenters. The number of ether oxygens (including phenoxy) is 1. The highest BCUT2D eigenvalue weighted by Gasteiger charge is 2.55. The first-order valence-electron chi connectivity index (χ1n) is 10.5. The van der Waals surface area contributed by atoms with Crippen molar-refractivity contribution in [2.45, 2.75) is 18.3 Å². The molecule has 5 rings (SSSR count). The lowest BCUT2D eigenvalue weighted by Crippen LogP contribution is -2.51. The van der Waals surface area contributed by atoms with E-state index in [1.807, 2.05) is 23.1 Å². The number of aromatic nitrogens is 1. The Morgan fingerprint density at radius 1 is 1.06 bits per heavy atom. The Bertz CT molecular complexity index is 1100. The highest BCUT2D eigenvalue weighted by molar-refractivity contribution is 5.91. The Morgan fingerprint density at radius 2 is 1.84 bits per heavy atom. The summed E-state index contributed by atoms with van der Waals surface area (Å²) >= 11 is 0. The topological polar surface area (TPSA) is 58.8 Å². The Labute approximate surface area is 180 Å². The number of hydrogen-bond acceptors (Lipinski definition) is 5. The molecule has 1 aliphatic carbocycles. The van der Waals surface area contributed by atoms with Gasteiger partial charge in [-0.25, -0.2) is 4.39 Å². The van der Waals surface area contributed by atoms with Crippen molar-refractivity contribution in [2.75, 3.05) is 38.2 Å². The highest BCUT2D eigenvalue weighted by atomic mass is 19.1. The molecule has 1 saturated carbocycles. The van der Waals surface area contributed by atoms with E-state index in [4.69, 9.17) is 9.26 Å². The van der Waals surface area contributed by atoms with Gasteiger partial charge in [0.05, 0.1) is 23.8 Å². The molecule has 0 unspecified atom stereocenters. The minimum absolute atomic E-state index is 0.0891. The molecule has 2 aromatic carbocycles. The van der Waals surface area contributed by atoms with Crippen LogP contribution in [0.3, 0.4) is 0 Å². The van der Waals surface area contributed by atoms with E-state index >= 15 is 0 Å². The molecule has 6 nitrogen and oxygen atoms in total. The minimum atomic E-state index is -0.634. The summed E-state index contributed by atoms with van der Waals surface area (Å²) in [7, 11) is 1.66. The van der Waals surface area contributed by atoms with Crippen molar-refractivity contribution in [2.24, 2.45) is 0 Å². The van der Waals surface area contributed by atoms with Crippen molar-refractivity contribution >= 4 is 11.6 Å². The van der Waals surface area contributed by atoms with E-state index in [1.165, 1.54) is 6.07 Å². The second-order valence-corrected chi connectivity index (χ2v) is 8.12. The van der Waals surface area contributed by atoms with Crippen molar-refractivity contribution in [3.05, 3.63) is 66.1 Å². The highest BCUT2D eigenvalue weighted by Crippen LogP contribution is 2.50. The third-order valence-corrected chi connectivity index (χ3v) is 6.28. The van der Waals surface area contributed by atoms with Crippen LogP contribution in [0.1, 0.15) is 18.5 Å². The van der Waals surface area contributed by atoms with E-state index in [0.29, 0.717) is 30.1 Å². The first kappa shape index (κ1) is 19.6. The average molecular weight is 421 g/mol. The fourth-order valence-electron chi connectivity index (χ4n) is 4.27. The van der Waals surface area contributed by atoms with Crippen LogP contribution in [0.2, 0.25) is 0 Å². The average Bonchev–Trinajstić information content (AvgIpc) is 3.48. The summed E-state index contributed by atoms with van der Waals surface area (Å²) in [5.74, 6) is 0.904. The maximum Gasteiger partial charge on any atom is 0.235 e. The molecule has 31 heavy (non-hydrogen) atoms. The molecule has 1 aromatic heterocycles. The van der Waals surface area contributed by atoms with Gasteiger partial charge in [0.2, 0.25) is 5.91 Å². The van der Waals surface area contributed by atoms with Gasteiger partial charge >= 0.3 is 0 Å². The van der Waals surface area contributed by atoms with Gasteiger partial charge in [-0.2, -0.15) is 0 Å². The van der Waals surface area contributed by atoms with Gasteiger partial charge in [0.15, 0.2) is 5.76 Å². The van der Waals surface area contributed by atoms with Crippen LogP contribution in [0.15, 0.2) is 59.1 Å². The number of anilines is 1. The number of nitrogens with zero attached hydrogens (tertiary/aromatic N) is 3. The summed E-state index contributed by atoms with van der Waals surface area (Å²) in [6.45, 7) is 2.81. The lowest BCUT2D eigenvalue weighted by atomic mass is 9.99. The van der Waals surface area contributed by atoms with E-state index in [1.54, 1.807) is 31.4 Å². The predicted octanol–water partition coefficient (Wildman–Crippen LogP) is 3.87. The molecule has 3 aromatic rings. The standard InChI is InChI=1S/C24H24FN3O3/c1-30-18-6-4-5-17(15-18)27-11-13-28(14-12-27)23(29)24(9-10-24)22-16-21(31-26-22)19-7-2-3-8-20(19)25/h2-8,15-16H,9-14H2,1H3. The van der Waals surface area contributed by atoms with Crippen LogP contribution in [-0.2, 0) is 10.2 Å². The van der Waals surface area contributed by atoms with Gasteiger partial charge in [0, 0.05) is 44.0 Å². The van der Waals surface area contributed by atoms with Gasteiger partial charge in [-0.3, -0.25) is 4.79 Å². The summed E-state index contributed by atoms with van der Waals surface area (Å²) in [6, 6.07) is 16.1. The molecule has 0 bridgehead atoms. The monoisotopic (exact) mass is 421 g/mol. The largest absolute Gasteiger partial charge is 0.497 e. The van der Waals surface area contributed by atoms with Crippen LogP contribution in [0.25, 0.3) is 11.3 Å². The Hall–Kier alpha value is -3.35. The Balaban J connectivity index is 1.28. The van der Waals surface area contributed by atoms with Gasteiger partial charge in [-0.05, 0) is 37.1 Å². The number of methoxy groups -OCH3 is 1. The molecule has 2 fully saturated rings. The van der Waals surface area contributed by atoms with Crippen LogP contribution in [0, 0.1) is 5.82 Å². The van der Waals surface area contributed by atoms with Crippen molar-refractivity contribution in [1.82, 2.24) is 10.1 Å². The number of amides is 1. The molecule has 160 valence electrons. The predicted molar refractivity (Wildman–Crippen MR) is 115 cm³/mol. The zero-order valence-electron chi connectivity index (χ0n) is 17.4. The molecule has 0 N–H and O–H groups in total. The maximum absolute atomic E-state index is 14.1. The molecule has 2 heterocycles. The zero-order chi connectivity index (χ0) is 21.4.